The lowest BCUT2D eigenvalue weighted by Gasteiger charge is -2.32. The maximum absolute atomic E-state index is 13.1. The molecule has 2 heterocycles. The first-order valence-electron chi connectivity index (χ1n) is 12.8. The molecule has 0 aromatic heterocycles. The average molecular weight is 577 g/mol. The lowest BCUT2D eigenvalue weighted by molar-refractivity contribution is 0.0194. The normalized spacial score (nSPS) is 21.4. The second-order valence-corrected chi connectivity index (χ2v) is 10.4. The number of ether oxygens (including phenoxy) is 2. The second kappa shape index (κ2) is 9.36. The van der Waals surface area contributed by atoms with Crippen molar-refractivity contribution in [2.45, 2.75) is 44.2 Å². The van der Waals surface area contributed by atoms with Gasteiger partial charge < -0.3 is 50.3 Å². The Balaban J connectivity index is 0. The molecule has 0 saturated heterocycles. The van der Waals surface area contributed by atoms with Gasteiger partial charge in [-0.1, -0.05) is 0 Å². The van der Waals surface area contributed by atoms with Crippen LogP contribution in [0.15, 0.2) is 47.3 Å². The summed E-state index contributed by atoms with van der Waals surface area (Å²) < 4.78 is 11.9. The van der Waals surface area contributed by atoms with Crippen molar-refractivity contribution in [1.29, 1.82) is 0 Å². The van der Waals surface area contributed by atoms with Crippen molar-refractivity contribution in [3.05, 3.63) is 80.5 Å². The number of aromatic hydroxyl groups is 6. The zero-order valence-electron chi connectivity index (χ0n) is 21.6. The van der Waals surface area contributed by atoms with Crippen LogP contribution in [0.2, 0.25) is 0 Å². The molecule has 0 bridgehead atoms. The number of fused-ring (bicyclic) bond motifs is 3. The molecule has 2 aliphatic heterocycles. The van der Waals surface area contributed by atoms with Crippen LogP contribution in [0.1, 0.15) is 50.0 Å². The van der Waals surface area contributed by atoms with Crippen LogP contribution < -0.4 is 14.9 Å². The van der Waals surface area contributed by atoms with Crippen molar-refractivity contribution < 1.29 is 60.3 Å². The average Bonchev–Trinajstić information content (AvgIpc) is 3.03. The molecule has 11 nitrogen and oxygen atoms in total. The lowest BCUT2D eigenvalue weighted by Crippen LogP contribution is -2.31. The highest BCUT2D eigenvalue weighted by molar-refractivity contribution is 5.95. The van der Waals surface area contributed by atoms with E-state index in [4.69, 9.17) is 9.47 Å². The van der Waals surface area contributed by atoms with E-state index in [1.165, 1.54) is 31.2 Å². The van der Waals surface area contributed by atoms with Gasteiger partial charge in [0.25, 0.3) is 0 Å². The highest BCUT2D eigenvalue weighted by atomic mass is 16.5. The molecule has 4 aromatic rings. The van der Waals surface area contributed by atoms with Crippen LogP contribution >= 0.6 is 0 Å². The fourth-order valence-corrected chi connectivity index (χ4v) is 5.70. The number of phenolic OH excluding ortho intramolecular Hbond substituents is 5. The van der Waals surface area contributed by atoms with Crippen LogP contribution in [0.3, 0.4) is 0 Å². The van der Waals surface area contributed by atoms with Crippen LogP contribution in [0.4, 0.5) is 0 Å². The number of phenols is 5. The van der Waals surface area contributed by atoms with Gasteiger partial charge in [-0.05, 0) is 36.1 Å². The fourth-order valence-electron chi connectivity index (χ4n) is 5.70. The Hall–Kier alpha value is -4.87. The van der Waals surface area contributed by atoms with Gasteiger partial charge in [0, 0.05) is 74.7 Å². The third-order valence-corrected chi connectivity index (χ3v) is 7.72. The molecule has 41 heavy (non-hydrogen) atoms. The summed E-state index contributed by atoms with van der Waals surface area (Å²) in [6, 6.07) is 8.68. The van der Waals surface area contributed by atoms with Crippen molar-refractivity contribution >= 4 is 10.8 Å². The molecule has 0 fully saturated rings. The SMILES string of the molecule is Cc1c(O)cc([C@@H]2Oc3cc(O)cc(O)c3C[C@@H]2O)c2cc([C@H]3Oc4cc(O)cc(O)c4CC3O)cc(=O)c(O)c12.[HH].[HH].[HH].[HH].[HH].[HH].[HH]. The van der Waals surface area contributed by atoms with Gasteiger partial charge in [0.15, 0.2) is 11.9 Å². The maximum atomic E-state index is 13.1. The number of hydrogen-bond donors (Lipinski definition) is 8. The molecule has 0 saturated carbocycles. The van der Waals surface area contributed by atoms with Gasteiger partial charge in [-0.2, -0.15) is 0 Å². The largest absolute Gasteiger partial charge is 0.508 e. The van der Waals surface area contributed by atoms with Crippen molar-refractivity contribution in [2.24, 2.45) is 0 Å². The van der Waals surface area contributed by atoms with Crippen LogP contribution in [0.5, 0.6) is 46.0 Å². The van der Waals surface area contributed by atoms with E-state index in [-0.39, 0.29) is 102 Å². The molecular formula is C30H40O11. The Morgan fingerprint density at radius 2 is 1.24 bits per heavy atom. The molecule has 226 valence electrons. The quantitative estimate of drug-likeness (QED) is 0.167. The first-order chi connectivity index (χ1) is 19.4. The number of aliphatic hydroxyl groups is 2. The summed E-state index contributed by atoms with van der Waals surface area (Å²) in [4.78, 5) is 13.1. The molecule has 0 spiro atoms. The zero-order valence-corrected chi connectivity index (χ0v) is 21.6. The number of hydrogen-bond acceptors (Lipinski definition) is 11. The molecule has 0 radical (unpaired) electrons. The maximum Gasteiger partial charge on any atom is 0.221 e. The first kappa shape index (κ1) is 26.4. The van der Waals surface area contributed by atoms with Crippen LogP contribution in [-0.2, 0) is 12.8 Å². The van der Waals surface area contributed by atoms with E-state index in [2.05, 4.69) is 0 Å². The van der Waals surface area contributed by atoms with Gasteiger partial charge in [0.2, 0.25) is 5.43 Å². The van der Waals surface area contributed by atoms with Gasteiger partial charge in [0.1, 0.15) is 46.4 Å². The van der Waals surface area contributed by atoms with E-state index in [1.54, 1.807) is 0 Å². The van der Waals surface area contributed by atoms with Gasteiger partial charge in [-0.15, -0.1) is 0 Å². The Labute approximate surface area is 242 Å². The Morgan fingerprint density at radius 3 is 1.83 bits per heavy atom. The molecule has 2 aliphatic rings. The van der Waals surface area contributed by atoms with E-state index in [1.807, 2.05) is 0 Å². The van der Waals surface area contributed by atoms with E-state index in [0.29, 0.717) is 0 Å². The molecule has 8 N–H and O–H groups in total. The lowest BCUT2D eigenvalue weighted by atomic mass is 9.89. The summed E-state index contributed by atoms with van der Waals surface area (Å²) in [6.45, 7) is 1.50. The summed E-state index contributed by atoms with van der Waals surface area (Å²) in [7, 11) is 0. The van der Waals surface area contributed by atoms with Gasteiger partial charge in [-0.25, -0.2) is 0 Å². The monoisotopic (exact) mass is 576 g/mol. The molecule has 4 atom stereocenters. The van der Waals surface area contributed by atoms with Gasteiger partial charge in [0.05, 0.1) is 12.2 Å². The summed E-state index contributed by atoms with van der Waals surface area (Å²) in [5.41, 5.74) is 0.192. The highest BCUT2D eigenvalue weighted by Gasteiger charge is 2.36. The molecule has 11 heteroatoms. The molecule has 0 aliphatic carbocycles. The Kier molecular flexibility index (Phi) is 6.02. The smallest absolute Gasteiger partial charge is 0.221 e. The summed E-state index contributed by atoms with van der Waals surface area (Å²) in [5.74, 6) is -1.85. The van der Waals surface area contributed by atoms with Crippen LogP contribution in [0.25, 0.3) is 10.8 Å². The van der Waals surface area contributed by atoms with Crippen molar-refractivity contribution in [1.82, 2.24) is 0 Å². The van der Waals surface area contributed by atoms with Crippen molar-refractivity contribution in [3.8, 4) is 46.0 Å². The van der Waals surface area contributed by atoms with E-state index >= 15 is 0 Å². The molecule has 1 unspecified atom stereocenters. The summed E-state index contributed by atoms with van der Waals surface area (Å²) in [5, 5.41) is 84.4. The van der Waals surface area contributed by atoms with Crippen LogP contribution in [-0.4, -0.2) is 53.1 Å². The number of benzene rings is 3. The predicted molar refractivity (Wildman–Crippen MR) is 159 cm³/mol. The Bertz CT molecular complexity index is 1830. The standard InChI is InChI=1S/C30H26O11.7H2/c1-11-19(33)8-16(30-24(38)10-18-21(35)5-14(32)7-26(18)41-30)15-2-12(3-22(36)28(39)27(11)15)29-23(37)9-17-20(34)4-13(31)6-25(17)40-29;;;;;;;/h2-8,23-24,29-35,37-38H,9-10H2,1H3,(H,36,39);7*1H/t23?,24-,29+,30-;;;;;;;/m0......./s1. The third kappa shape index (κ3) is 4.26. The highest BCUT2D eigenvalue weighted by Crippen LogP contribution is 2.46. The minimum absolute atomic E-state index is 0. The fraction of sp³-hybridized carbons (Fsp3) is 0.233. The van der Waals surface area contributed by atoms with E-state index < -0.39 is 35.6 Å². The number of rotatable bonds is 2. The molecule has 4 aromatic carbocycles. The predicted octanol–water partition coefficient (Wildman–Crippen LogP) is 4.54. The van der Waals surface area contributed by atoms with E-state index in [0.717, 1.165) is 18.2 Å². The van der Waals surface area contributed by atoms with Gasteiger partial charge in [-0.3, -0.25) is 4.79 Å². The minimum Gasteiger partial charge on any atom is -0.508 e. The van der Waals surface area contributed by atoms with Crippen molar-refractivity contribution in [3.63, 3.8) is 0 Å². The molecule has 6 rings (SSSR count). The third-order valence-electron chi connectivity index (χ3n) is 7.72. The van der Waals surface area contributed by atoms with Gasteiger partial charge >= 0.3 is 0 Å². The summed E-state index contributed by atoms with van der Waals surface area (Å²) in [6.07, 6.45) is -4.96. The minimum atomic E-state index is -1.25. The molecule has 0 amide bonds. The van der Waals surface area contributed by atoms with E-state index in [9.17, 15) is 45.6 Å². The second-order valence-electron chi connectivity index (χ2n) is 10.4. The Morgan fingerprint density at radius 1 is 0.707 bits per heavy atom. The zero-order chi connectivity index (χ0) is 29.3. The van der Waals surface area contributed by atoms with Crippen LogP contribution in [0, 0.1) is 6.92 Å². The van der Waals surface area contributed by atoms with Crippen molar-refractivity contribution in [2.75, 3.05) is 0 Å². The summed E-state index contributed by atoms with van der Waals surface area (Å²) >= 11 is 0. The number of aliphatic hydroxyl groups excluding tert-OH is 2. The topological polar surface area (TPSA) is 197 Å². The first-order valence-corrected chi connectivity index (χ1v) is 12.8. The molecular weight excluding hydrogens is 536 g/mol. The number of aryl methyl sites for hydroxylation is 1.